The van der Waals surface area contributed by atoms with Crippen LogP contribution in [0.15, 0.2) is 0 Å². The van der Waals surface area contributed by atoms with Gasteiger partial charge < -0.3 is 14.9 Å². The molecule has 0 spiro atoms. The molecule has 1 rings (SSSR count). The number of hydrogen-bond donors (Lipinski definition) is 2. The van der Waals surface area contributed by atoms with E-state index in [2.05, 4.69) is 4.74 Å². The number of rotatable bonds is 1. The second-order valence-electron chi connectivity index (χ2n) is 1.58. The summed E-state index contributed by atoms with van der Waals surface area (Å²) in [6, 6.07) is 0. The Balaban J connectivity index is 2.61. The number of ether oxygens (including phenoxy) is 1. The van der Waals surface area contributed by atoms with E-state index in [9.17, 15) is 4.79 Å². The van der Waals surface area contributed by atoms with E-state index in [0.29, 0.717) is 12.4 Å². The van der Waals surface area contributed by atoms with Crippen molar-refractivity contribution in [1.29, 1.82) is 0 Å². The number of carboxylic acid groups (broad SMARTS) is 1. The SMILES string of the molecule is O=C(O)C1(O)OCCS1. The third kappa shape index (κ3) is 1.17. The Labute approximate surface area is 55.8 Å². The molecule has 0 aromatic carbocycles. The van der Waals surface area contributed by atoms with Crippen molar-refractivity contribution in [2.75, 3.05) is 12.4 Å². The van der Waals surface area contributed by atoms with Gasteiger partial charge >= 0.3 is 11.1 Å². The molecule has 0 aromatic rings. The van der Waals surface area contributed by atoms with Gasteiger partial charge in [-0.3, -0.25) is 0 Å². The van der Waals surface area contributed by atoms with Gasteiger partial charge in [0.1, 0.15) is 0 Å². The second-order valence-corrected chi connectivity index (χ2v) is 2.83. The zero-order valence-electron chi connectivity index (χ0n) is 4.53. The van der Waals surface area contributed by atoms with Crippen LogP contribution >= 0.6 is 11.8 Å². The van der Waals surface area contributed by atoms with Crippen LogP contribution in [0.5, 0.6) is 0 Å². The number of aliphatic hydroxyl groups is 1. The molecule has 1 aliphatic rings. The first-order chi connectivity index (χ1) is 4.15. The van der Waals surface area contributed by atoms with Crippen molar-refractivity contribution in [3.63, 3.8) is 0 Å². The average Bonchev–Trinajstić information content (AvgIpc) is 2.16. The van der Waals surface area contributed by atoms with Crippen LogP contribution in [0.3, 0.4) is 0 Å². The minimum Gasteiger partial charge on any atom is -0.477 e. The monoisotopic (exact) mass is 150 g/mol. The molecule has 1 unspecified atom stereocenters. The van der Waals surface area contributed by atoms with Gasteiger partial charge in [0.25, 0.3) is 0 Å². The number of carbonyl (C=O) groups is 1. The lowest BCUT2D eigenvalue weighted by Gasteiger charge is -2.12. The molecule has 1 heterocycles. The lowest BCUT2D eigenvalue weighted by atomic mass is 10.6. The van der Waals surface area contributed by atoms with Gasteiger partial charge in [-0.1, -0.05) is 11.8 Å². The Morgan fingerprint density at radius 1 is 1.78 bits per heavy atom. The van der Waals surface area contributed by atoms with Crippen LogP contribution < -0.4 is 0 Å². The van der Waals surface area contributed by atoms with E-state index >= 15 is 0 Å². The topological polar surface area (TPSA) is 66.8 Å². The fraction of sp³-hybridized carbons (Fsp3) is 0.750. The summed E-state index contributed by atoms with van der Waals surface area (Å²) >= 11 is 0.887. The molecule has 9 heavy (non-hydrogen) atoms. The summed E-state index contributed by atoms with van der Waals surface area (Å²) in [5.74, 6) is -0.798. The molecule has 1 atom stereocenters. The molecule has 1 fully saturated rings. The van der Waals surface area contributed by atoms with Crippen LogP contribution in [0.4, 0.5) is 0 Å². The molecule has 5 heteroatoms. The van der Waals surface area contributed by atoms with E-state index in [4.69, 9.17) is 10.2 Å². The fourth-order valence-corrected chi connectivity index (χ4v) is 1.26. The van der Waals surface area contributed by atoms with Gasteiger partial charge in [-0.25, -0.2) is 4.79 Å². The summed E-state index contributed by atoms with van der Waals surface area (Å²) < 4.78 is 4.52. The highest BCUT2D eigenvalue weighted by molar-refractivity contribution is 8.01. The normalized spacial score (nSPS) is 34.8. The summed E-state index contributed by atoms with van der Waals surface area (Å²) in [6.07, 6.45) is 0. The van der Waals surface area contributed by atoms with E-state index in [1.807, 2.05) is 0 Å². The standard InChI is InChI=1S/C4H6O4S/c5-3(6)4(7)8-1-2-9-4/h7H,1-2H2,(H,5,6). The van der Waals surface area contributed by atoms with E-state index in [-0.39, 0.29) is 0 Å². The van der Waals surface area contributed by atoms with Crippen LogP contribution in [0.1, 0.15) is 0 Å². The minimum atomic E-state index is -1.97. The molecular formula is C4H6O4S. The van der Waals surface area contributed by atoms with Crippen LogP contribution in [0.2, 0.25) is 0 Å². The van der Waals surface area contributed by atoms with Crippen molar-refractivity contribution < 1.29 is 19.7 Å². The highest BCUT2D eigenvalue weighted by Gasteiger charge is 2.41. The summed E-state index contributed by atoms with van der Waals surface area (Å²) in [5.41, 5.74) is 0. The molecule has 0 aliphatic carbocycles. The quantitative estimate of drug-likeness (QED) is 0.526. The van der Waals surface area contributed by atoms with Gasteiger partial charge in [0.2, 0.25) is 0 Å². The summed E-state index contributed by atoms with van der Waals surface area (Å²) in [6.45, 7) is 0.299. The minimum absolute atomic E-state index is 0.299. The smallest absolute Gasteiger partial charge is 0.376 e. The molecule has 1 aliphatic heterocycles. The fourth-order valence-electron chi connectivity index (χ4n) is 0.525. The van der Waals surface area contributed by atoms with Gasteiger partial charge in [-0.05, 0) is 0 Å². The van der Waals surface area contributed by atoms with E-state index in [1.165, 1.54) is 0 Å². The highest BCUT2D eigenvalue weighted by Crippen LogP contribution is 2.29. The van der Waals surface area contributed by atoms with Gasteiger partial charge in [0.05, 0.1) is 6.61 Å². The third-order valence-corrected chi connectivity index (χ3v) is 2.00. The Hall–Kier alpha value is -0.260. The molecule has 0 saturated carbocycles. The van der Waals surface area contributed by atoms with Gasteiger partial charge in [0, 0.05) is 5.75 Å². The first-order valence-corrected chi connectivity index (χ1v) is 3.37. The zero-order chi connectivity index (χ0) is 6.91. The second kappa shape index (κ2) is 2.17. The Morgan fingerprint density at radius 3 is 2.67 bits per heavy atom. The molecule has 4 nitrogen and oxygen atoms in total. The van der Waals surface area contributed by atoms with Crippen molar-refractivity contribution in [2.45, 2.75) is 5.12 Å². The number of carboxylic acids is 1. The maximum Gasteiger partial charge on any atom is 0.376 e. The number of aliphatic carboxylic acids is 1. The van der Waals surface area contributed by atoms with Crippen molar-refractivity contribution >= 4 is 17.7 Å². The highest BCUT2D eigenvalue weighted by atomic mass is 32.2. The number of hydrogen-bond acceptors (Lipinski definition) is 4. The van der Waals surface area contributed by atoms with Crippen molar-refractivity contribution in [2.24, 2.45) is 0 Å². The van der Waals surface area contributed by atoms with Crippen LogP contribution in [-0.2, 0) is 9.53 Å². The Bertz CT molecular complexity index is 129. The Kier molecular flexibility index (Phi) is 1.65. The van der Waals surface area contributed by atoms with Crippen LogP contribution in [0.25, 0.3) is 0 Å². The molecule has 0 radical (unpaired) electrons. The Morgan fingerprint density at radius 2 is 2.44 bits per heavy atom. The first kappa shape index (κ1) is 6.85. The van der Waals surface area contributed by atoms with E-state index in [0.717, 1.165) is 11.8 Å². The van der Waals surface area contributed by atoms with E-state index in [1.54, 1.807) is 0 Å². The molecule has 0 aromatic heterocycles. The van der Waals surface area contributed by atoms with Gasteiger partial charge in [-0.2, -0.15) is 0 Å². The molecule has 52 valence electrons. The molecule has 0 bridgehead atoms. The van der Waals surface area contributed by atoms with Crippen LogP contribution in [0, 0.1) is 0 Å². The van der Waals surface area contributed by atoms with Crippen molar-refractivity contribution in [3.8, 4) is 0 Å². The predicted molar refractivity (Wildman–Crippen MR) is 31.0 cm³/mol. The largest absolute Gasteiger partial charge is 0.477 e. The molecule has 2 N–H and O–H groups in total. The zero-order valence-corrected chi connectivity index (χ0v) is 5.35. The molecular weight excluding hydrogens is 144 g/mol. The summed E-state index contributed by atoms with van der Waals surface area (Å²) in [7, 11) is 0. The first-order valence-electron chi connectivity index (χ1n) is 2.39. The van der Waals surface area contributed by atoms with Crippen LogP contribution in [-0.4, -0.2) is 33.7 Å². The molecule has 1 saturated heterocycles. The number of thioether (sulfide) groups is 1. The predicted octanol–water partition coefficient (Wildman–Crippen LogP) is -0.519. The summed E-state index contributed by atoms with van der Waals surface area (Å²) in [4.78, 5) is 10.1. The lowest BCUT2D eigenvalue weighted by Crippen LogP contribution is -2.33. The lowest BCUT2D eigenvalue weighted by molar-refractivity contribution is -0.182. The van der Waals surface area contributed by atoms with Crippen molar-refractivity contribution in [3.05, 3.63) is 0 Å². The maximum atomic E-state index is 10.1. The van der Waals surface area contributed by atoms with Gasteiger partial charge in [-0.15, -0.1) is 0 Å². The molecule has 0 amide bonds. The maximum absolute atomic E-state index is 10.1. The van der Waals surface area contributed by atoms with Crippen molar-refractivity contribution in [1.82, 2.24) is 0 Å². The third-order valence-electron chi connectivity index (χ3n) is 0.949. The summed E-state index contributed by atoms with van der Waals surface area (Å²) in [5, 5.41) is 15.2. The van der Waals surface area contributed by atoms with E-state index < -0.39 is 11.1 Å². The average molecular weight is 150 g/mol. The van der Waals surface area contributed by atoms with Gasteiger partial charge in [0.15, 0.2) is 0 Å².